The van der Waals surface area contributed by atoms with Gasteiger partial charge in [0.1, 0.15) is 0 Å². The van der Waals surface area contributed by atoms with Crippen LogP contribution in [0, 0.1) is 0 Å². The molecule has 0 bridgehead atoms. The van der Waals surface area contributed by atoms with Crippen molar-refractivity contribution < 1.29 is 9.53 Å². The Balaban J connectivity index is 1.82. The van der Waals surface area contributed by atoms with Gasteiger partial charge in [-0.2, -0.15) is 0 Å². The molecule has 0 N–H and O–H groups in total. The summed E-state index contributed by atoms with van der Waals surface area (Å²) >= 11 is 0. The molecule has 0 saturated heterocycles. The first kappa shape index (κ1) is 21.5. The van der Waals surface area contributed by atoms with Crippen LogP contribution >= 0.6 is 0 Å². The van der Waals surface area contributed by atoms with E-state index >= 15 is 0 Å². The van der Waals surface area contributed by atoms with Crippen molar-refractivity contribution in [1.82, 2.24) is 0 Å². The van der Waals surface area contributed by atoms with Crippen LogP contribution in [0.1, 0.15) is 94.3 Å². The number of benzene rings is 1. The highest BCUT2D eigenvalue weighted by atomic mass is 16.5. The van der Waals surface area contributed by atoms with Crippen LogP contribution in [0.25, 0.3) is 0 Å². The zero-order valence-electron chi connectivity index (χ0n) is 16.1. The van der Waals surface area contributed by atoms with Crippen molar-refractivity contribution in [1.29, 1.82) is 0 Å². The van der Waals surface area contributed by atoms with Crippen molar-refractivity contribution >= 4 is 5.97 Å². The van der Waals surface area contributed by atoms with Crippen molar-refractivity contribution in [3.63, 3.8) is 0 Å². The molecule has 0 spiro atoms. The molecule has 0 aliphatic carbocycles. The Morgan fingerprint density at radius 2 is 1.36 bits per heavy atom. The Morgan fingerprint density at radius 1 is 0.800 bits per heavy atom. The number of allylic oxidation sites excluding steroid dienone is 2. The van der Waals surface area contributed by atoms with E-state index in [1.807, 2.05) is 18.2 Å². The third-order valence-electron chi connectivity index (χ3n) is 4.40. The highest BCUT2D eigenvalue weighted by Gasteiger charge is 2.04. The summed E-state index contributed by atoms with van der Waals surface area (Å²) in [6, 6.07) is 9.21. The number of esters is 1. The van der Waals surface area contributed by atoms with E-state index in [2.05, 4.69) is 19.1 Å². The molecule has 0 saturated carbocycles. The van der Waals surface area contributed by atoms with Gasteiger partial charge in [-0.25, -0.2) is 4.79 Å². The fourth-order valence-electron chi connectivity index (χ4n) is 2.81. The zero-order valence-corrected chi connectivity index (χ0v) is 16.1. The van der Waals surface area contributed by atoms with Gasteiger partial charge in [0.2, 0.25) is 0 Å². The van der Waals surface area contributed by atoms with E-state index in [0.29, 0.717) is 12.2 Å². The van der Waals surface area contributed by atoms with E-state index in [1.165, 1.54) is 64.2 Å². The topological polar surface area (TPSA) is 26.3 Å². The second kappa shape index (κ2) is 15.9. The number of ether oxygens (including phenoxy) is 1. The van der Waals surface area contributed by atoms with Crippen molar-refractivity contribution in [2.45, 2.75) is 84.0 Å². The number of rotatable bonds is 15. The lowest BCUT2D eigenvalue weighted by atomic mass is 10.1. The molecule has 0 aliphatic heterocycles. The normalized spacial score (nSPS) is 11.1. The Kier molecular flexibility index (Phi) is 13.7. The summed E-state index contributed by atoms with van der Waals surface area (Å²) in [4.78, 5) is 11.8. The molecule has 0 unspecified atom stereocenters. The highest BCUT2D eigenvalue weighted by molar-refractivity contribution is 5.89. The van der Waals surface area contributed by atoms with E-state index < -0.39 is 0 Å². The van der Waals surface area contributed by atoms with Gasteiger partial charge in [0.05, 0.1) is 12.2 Å². The average molecular weight is 345 g/mol. The minimum Gasteiger partial charge on any atom is -0.462 e. The van der Waals surface area contributed by atoms with Crippen LogP contribution in [0.4, 0.5) is 0 Å². The molecule has 0 aliphatic rings. The molecular formula is C23H36O2. The summed E-state index contributed by atoms with van der Waals surface area (Å²) < 4.78 is 5.29. The Bertz CT molecular complexity index is 450. The number of carbonyl (C=O) groups is 1. The number of hydrogen-bond acceptors (Lipinski definition) is 2. The van der Waals surface area contributed by atoms with Gasteiger partial charge in [0, 0.05) is 0 Å². The van der Waals surface area contributed by atoms with Crippen LogP contribution in [0.15, 0.2) is 42.5 Å². The van der Waals surface area contributed by atoms with Crippen LogP contribution < -0.4 is 0 Å². The summed E-state index contributed by atoms with van der Waals surface area (Å²) in [6.45, 7) is 2.78. The molecule has 0 heterocycles. The SMILES string of the molecule is CCCC/C=C\CCCCCCCCCCOC(=O)c1ccccc1. The Labute approximate surface area is 154 Å². The molecule has 0 aromatic heterocycles. The van der Waals surface area contributed by atoms with E-state index in [-0.39, 0.29) is 5.97 Å². The first-order chi connectivity index (χ1) is 12.3. The quantitative estimate of drug-likeness (QED) is 0.193. The fraction of sp³-hybridized carbons (Fsp3) is 0.609. The van der Waals surface area contributed by atoms with Gasteiger partial charge in [0.15, 0.2) is 0 Å². The summed E-state index contributed by atoms with van der Waals surface area (Å²) in [5.74, 6) is -0.204. The summed E-state index contributed by atoms with van der Waals surface area (Å²) in [7, 11) is 0. The van der Waals surface area contributed by atoms with Crippen molar-refractivity contribution in [3.8, 4) is 0 Å². The second-order valence-corrected chi connectivity index (χ2v) is 6.73. The lowest BCUT2D eigenvalue weighted by Crippen LogP contribution is -2.06. The van der Waals surface area contributed by atoms with E-state index in [0.717, 1.165) is 12.8 Å². The van der Waals surface area contributed by atoms with Gasteiger partial charge in [-0.3, -0.25) is 0 Å². The van der Waals surface area contributed by atoms with Crippen molar-refractivity contribution in [2.24, 2.45) is 0 Å². The smallest absolute Gasteiger partial charge is 0.338 e. The summed E-state index contributed by atoms with van der Waals surface area (Å²) in [5, 5.41) is 0. The lowest BCUT2D eigenvalue weighted by molar-refractivity contribution is 0.0497. The predicted molar refractivity (Wildman–Crippen MR) is 107 cm³/mol. The van der Waals surface area contributed by atoms with Gasteiger partial charge in [-0.15, -0.1) is 0 Å². The van der Waals surface area contributed by atoms with Crippen LogP contribution in [0.5, 0.6) is 0 Å². The van der Waals surface area contributed by atoms with Gasteiger partial charge < -0.3 is 4.74 Å². The van der Waals surface area contributed by atoms with E-state index in [9.17, 15) is 4.79 Å². The summed E-state index contributed by atoms with van der Waals surface area (Å²) in [5.41, 5.74) is 0.641. The van der Waals surface area contributed by atoms with Crippen LogP contribution in [0.3, 0.4) is 0 Å². The van der Waals surface area contributed by atoms with Gasteiger partial charge in [0.25, 0.3) is 0 Å². The molecule has 1 aromatic rings. The highest BCUT2D eigenvalue weighted by Crippen LogP contribution is 2.11. The van der Waals surface area contributed by atoms with Crippen molar-refractivity contribution in [2.75, 3.05) is 6.61 Å². The van der Waals surface area contributed by atoms with E-state index in [1.54, 1.807) is 12.1 Å². The molecule has 0 atom stereocenters. The second-order valence-electron chi connectivity index (χ2n) is 6.73. The van der Waals surface area contributed by atoms with Gasteiger partial charge in [-0.1, -0.05) is 88.6 Å². The molecule has 25 heavy (non-hydrogen) atoms. The first-order valence-electron chi connectivity index (χ1n) is 10.2. The average Bonchev–Trinajstić information content (AvgIpc) is 2.65. The van der Waals surface area contributed by atoms with Crippen LogP contribution in [-0.2, 0) is 4.74 Å². The number of unbranched alkanes of at least 4 members (excludes halogenated alkanes) is 10. The largest absolute Gasteiger partial charge is 0.462 e. The van der Waals surface area contributed by atoms with E-state index in [4.69, 9.17) is 4.74 Å². The molecule has 0 amide bonds. The molecule has 1 aromatic carbocycles. The number of hydrogen-bond donors (Lipinski definition) is 0. The maximum absolute atomic E-state index is 11.8. The van der Waals surface area contributed by atoms with Crippen molar-refractivity contribution in [3.05, 3.63) is 48.0 Å². The molecule has 1 rings (SSSR count). The molecular weight excluding hydrogens is 308 g/mol. The first-order valence-corrected chi connectivity index (χ1v) is 10.2. The molecule has 2 nitrogen and oxygen atoms in total. The minimum absolute atomic E-state index is 0.204. The third kappa shape index (κ3) is 12.4. The minimum atomic E-state index is -0.204. The zero-order chi connectivity index (χ0) is 18.0. The molecule has 140 valence electrons. The standard InChI is InChI=1S/C23H36O2/c1-2-3-4-5-6-7-8-9-10-11-12-13-14-18-21-25-23(24)22-19-16-15-17-20-22/h5-6,15-17,19-20H,2-4,7-14,18,21H2,1H3/b6-5-. The third-order valence-corrected chi connectivity index (χ3v) is 4.40. The monoisotopic (exact) mass is 344 g/mol. The molecule has 0 radical (unpaired) electrons. The van der Waals surface area contributed by atoms with Gasteiger partial charge >= 0.3 is 5.97 Å². The molecule has 0 fully saturated rings. The lowest BCUT2D eigenvalue weighted by Gasteiger charge is -2.05. The Hall–Kier alpha value is -1.57. The molecule has 2 heteroatoms. The van der Waals surface area contributed by atoms with Gasteiger partial charge in [-0.05, 0) is 37.8 Å². The fourth-order valence-corrected chi connectivity index (χ4v) is 2.81. The maximum Gasteiger partial charge on any atom is 0.338 e. The van der Waals surface area contributed by atoms with Crippen LogP contribution in [-0.4, -0.2) is 12.6 Å². The number of carbonyl (C=O) groups excluding carboxylic acids is 1. The maximum atomic E-state index is 11.8. The summed E-state index contributed by atoms with van der Waals surface area (Å²) in [6.07, 6.45) is 19.9. The predicted octanol–water partition coefficient (Wildman–Crippen LogP) is 7.10. The Morgan fingerprint density at radius 3 is 2.00 bits per heavy atom. The van der Waals surface area contributed by atoms with Crippen LogP contribution in [0.2, 0.25) is 0 Å².